The van der Waals surface area contributed by atoms with Crippen molar-refractivity contribution in [3.63, 3.8) is 0 Å². The molecule has 0 unspecified atom stereocenters. The molecule has 4 rings (SSSR count). The zero-order chi connectivity index (χ0) is 15.5. The molecular formula is C21H19Cl2Zr-. The number of hydrogen-bond acceptors (Lipinski definition) is 0. The minimum absolute atomic E-state index is 0. The first-order chi connectivity index (χ1) is 10.7. The minimum Gasteiger partial charge on any atom is -1.00 e. The Bertz CT molecular complexity index is 896. The standard InChI is InChI=1S/C18H13.C3H6.2ClH.Zr/c1-2-7-13(6-1)15-10-5-11-17-16-9-4-3-8-14(16)12-18(15)17;1-3-2;;;/h1-6,8-12H,7H2;1-2H3;2*1H;/q-1;;;;+2/p-2. The number of benzene rings is 2. The summed E-state index contributed by atoms with van der Waals surface area (Å²) in [6.07, 6.45) is 7.65. The molecule has 0 heterocycles. The zero-order valence-electron chi connectivity index (χ0n) is 13.8. The normalized spacial score (nSPS) is 12.1. The average molecular weight is 434 g/mol. The van der Waals surface area contributed by atoms with Crippen LogP contribution in [0.5, 0.6) is 0 Å². The van der Waals surface area contributed by atoms with Crippen molar-refractivity contribution in [1.82, 2.24) is 0 Å². The molecule has 0 fully saturated rings. The summed E-state index contributed by atoms with van der Waals surface area (Å²) in [5.41, 5.74) is 2.81. The van der Waals surface area contributed by atoms with Crippen molar-refractivity contribution in [2.45, 2.75) is 20.3 Å². The van der Waals surface area contributed by atoms with E-state index in [-0.39, 0.29) is 24.8 Å². The van der Waals surface area contributed by atoms with Crippen molar-refractivity contribution in [2.75, 3.05) is 0 Å². The van der Waals surface area contributed by atoms with Gasteiger partial charge in [-0.15, -0.1) is 33.7 Å². The van der Waals surface area contributed by atoms with E-state index in [2.05, 4.69) is 80.6 Å². The molecule has 0 N–H and O–H groups in total. The first-order valence-electron chi connectivity index (χ1n) is 7.62. The van der Waals surface area contributed by atoms with E-state index in [1.54, 1.807) is 24.2 Å². The fourth-order valence-electron chi connectivity index (χ4n) is 2.91. The molecule has 0 amide bonds. The summed E-state index contributed by atoms with van der Waals surface area (Å²) in [6, 6.07) is 17.6. The van der Waals surface area contributed by atoms with Gasteiger partial charge in [-0.1, -0.05) is 65.8 Å². The van der Waals surface area contributed by atoms with Gasteiger partial charge < -0.3 is 24.8 Å². The summed E-state index contributed by atoms with van der Waals surface area (Å²) in [6.45, 7) is 4.25. The number of halogens is 2. The van der Waals surface area contributed by atoms with Crippen LogP contribution in [-0.4, -0.2) is 3.21 Å². The van der Waals surface area contributed by atoms with E-state index < -0.39 is 0 Å². The van der Waals surface area contributed by atoms with E-state index in [9.17, 15) is 0 Å². The minimum atomic E-state index is 0. The molecule has 0 radical (unpaired) electrons. The van der Waals surface area contributed by atoms with E-state index in [1.807, 2.05) is 0 Å². The maximum atomic E-state index is 2.32. The second kappa shape index (κ2) is 9.57. The molecule has 3 heteroatoms. The average Bonchev–Trinajstić information content (AvgIpc) is 3.14. The second-order valence-corrected chi connectivity index (χ2v) is 8.28. The third kappa shape index (κ3) is 4.60. The van der Waals surface area contributed by atoms with Crippen LogP contribution in [0, 0.1) is 0 Å². The van der Waals surface area contributed by atoms with Crippen LogP contribution < -0.4 is 24.8 Å². The predicted molar refractivity (Wildman–Crippen MR) is 95.1 cm³/mol. The largest absolute Gasteiger partial charge is 1.00 e. The molecule has 0 aromatic heterocycles. The van der Waals surface area contributed by atoms with Crippen molar-refractivity contribution in [1.29, 1.82) is 0 Å². The van der Waals surface area contributed by atoms with Crippen LogP contribution in [0.25, 0.3) is 27.1 Å². The Hall–Kier alpha value is -0.877. The van der Waals surface area contributed by atoms with Gasteiger partial charge in [-0.05, 0) is 6.42 Å². The molecule has 24 heavy (non-hydrogen) atoms. The van der Waals surface area contributed by atoms with E-state index in [0.29, 0.717) is 0 Å². The smallest absolute Gasteiger partial charge is 1.00 e. The van der Waals surface area contributed by atoms with Gasteiger partial charge in [0.05, 0.1) is 0 Å². The van der Waals surface area contributed by atoms with E-state index in [4.69, 9.17) is 0 Å². The summed E-state index contributed by atoms with van der Waals surface area (Å²) >= 11 is 1.55. The van der Waals surface area contributed by atoms with Gasteiger partial charge in [0, 0.05) is 0 Å². The van der Waals surface area contributed by atoms with Crippen molar-refractivity contribution in [3.8, 4) is 0 Å². The molecule has 3 aromatic rings. The fraction of sp³-hybridized carbons (Fsp3) is 0.143. The number of allylic oxidation sites excluding steroid dienone is 4. The third-order valence-corrected chi connectivity index (χ3v) is 3.77. The maximum Gasteiger partial charge on any atom is -1.00 e. The van der Waals surface area contributed by atoms with Gasteiger partial charge in [-0.3, -0.25) is 0 Å². The first kappa shape index (κ1) is 21.2. The summed E-state index contributed by atoms with van der Waals surface area (Å²) in [5.74, 6) is 0. The predicted octanol–water partition coefficient (Wildman–Crippen LogP) is -0.191. The molecule has 0 bridgehead atoms. The molecule has 1 aliphatic carbocycles. The fourth-order valence-corrected chi connectivity index (χ4v) is 2.91. The Morgan fingerprint density at radius 3 is 2.29 bits per heavy atom. The van der Waals surface area contributed by atoms with Gasteiger partial charge in [0.1, 0.15) is 0 Å². The van der Waals surface area contributed by atoms with Gasteiger partial charge in [0.25, 0.3) is 0 Å². The van der Waals surface area contributed by atoms with Gasteiger partial charge in [0.2, 0.25) is 0 Å². The van der Waals surface area contributed by atoms with Crippen LogP contribution in [0.4, 0.5) is 0 Å². The number of hydrogen-bond donors (Lipinski definition) is 0. The molecule has 0 aliphatic heterocycles. The van der Waals surface area contributed by atoms with Crippen LogP contribution in [0.2, 0.25) is 0 Å². The number of fused-ring (bicyclic) bond motifs is 3. The monoisotopic (exact) mass is 431 g/mol. The van der Waals surface area contributed by atoms with Crippen molar-refractivity contribution < 1.29 is 49.0 Å². The molecule has 0 nitrogen and oxygen atoms in total. The summed E-state index contributed by atoms with van der Waals surface area (Å²) in [4.78, 5) is 0. The quantitative estimate of drug-likeness (QED) is 0.467. The van der Waals surface area contributed by atoms with E-state index in [1.165, 1.54) is 35.9 Å². The number of rotatable bonds is 1. The van der Waals surface area contributed by atoms with Crippen molar-refractivity contribution >= 4 is 30.3 Å². The van der Waals surface area contributed by atoms with Crippen LogP contribution in [0.15, 0.2) is 66.8 Å². The molecule has 122 valence electrons. The molecule has 0 saturated heterocycles. The Kier molecular flexibility index (Phi) is 8.44. The molecule has 0 spiro atoms. The molecule has 3 aromatic carbocycles. The Morgan fingerprint density at radius 2 is 1.62 bits per heavy atom. The summed E-state index contributed by atoms with van der Waals surface area (Å²) < 4.78 is 1.51. The molecule has 0 atom stereocenters. The van der Waals surface area contributed by atoms with Gasteiger partial charge >= 0.3 is 41.3 Å². The van der Waals surface area contributed by atoms with Gasteiger partial charge in [-0.2, -0.15) is 0 Å². The molecular weight excluding hydrogens is 414 g/mol. The third-order valence-electron chi connectivity index (χ3n) is 3.77. The van der Waals surface area contributed by atoms with Crippen molar-refractivity contribution in [2.24, 2.45) is 0 Å². The van der Waals surface area contributed by atoms with Crippen LogP contribution in [0.1, 0.15) is 25.8 Å². The Labute approximate surface area is 171 Å². The zero-order valence-corrected chi connectivity index (χ0v) is 17.8. The molecule has 0 saturated carbocycles. The summed E-state index contributed by atoms with van der Waals surface area (Å²) in [7, 11) is 0. The topological polar surface area (TPSA) is 0 Å². The van der Waals surface area contributed by atoms with Crippen molar-refractivity contribution in [3.05, 3.63) is 72.3 Å². The SMILES string of the molecule is C1=CCC(c2cccc3c2[cH-]c2ccccc23)=C1.C[C](C)=[Zr+2].[Cl-].[Cl-]. The van der Waals surface area contributed by atoms with Crippen LogP contribution >= 0.6 is 0 Å². The maximum absolute atomic E-state index is 2.32. The summed E-state index contributed by atoms with van der Waals surface area (Å²) in [5, 5.41) is 5.46. The molecule has 1 aliphatic rings. The van der Waals surface area contributed by atoms with Gasteiger partial charge in [-0.25, -0.2) is 0 Å². The van der Waals surface area contributed by atoms with E-state index >= 15 is 0 Å². The van der Waals surface area contributed by atoms with Crippen LogP contribution in [-0.2, 0) is 24.2 Å². The van der Waals surface area contributed by atoms with Crippen LogP contribution in [0.3, 0.4) is 0 Å². The Morgan fingerprint density at radius 1 is 0.958 bits per heavy atom. The van der Waals surface area contributed by atoms with Gasteiger partial charge in [0.15, 0.2) is 0 Å². The van der Waals surface area contributed by atoms with E-state index in [0.717, 1.165) is 6.42 Å². The first-order valence-corrected chi connectivity index (χ1v) is 8.84. The Balaban J connectivity index is 0.000000438. The second-order valence-electron chi connectivity index (χ2n) is 5.82.